The summed E-state index contributed by atoms with van der Waals surface area (Å²) in [5, 5.41) is 0. The van der Waals surface area contributed by atoms with E-state index in [4.69, 9.17) is 0 Å². The summed E-state index contributed by atoms with van der Waals surface area (Å²) in [5.74, 6) is 0. The maximum atomic E-state index is 2.32. The average molecular weight is 326 g/mol. The van der Waals surface area contributed by atoms with Crippen LogP contribution in [-0.4, -0.2) is 30.7 Å². The largest absolute Gasteiger partial charge is 1.00 e. The van der Waals surface area contributed by atoms with Crippen LogP contribution in [0.4, 0.5) is 0 Å². The van der Waals surface area contributed by atoms with Gasteiger partial charge in [-0.15, -0.1) is 0 Å². The van der Waals surface area contributed by atoms with Gasteiger partial charge in [-0.3, -0.25) is 0 Å². The van der Waals surface area contributed by atoms with Gasteiger partial charge in [-0.2, -0.15) is 0 Å². The number of rotatable bonds is 12. The Morgan fingerprint density at radius 3 is 1.55 bits per heavy atom. The molecule has 0 atom stereocenters. The van der Waals surface area contributed by atoms with Gasteiger partial charge in [0.25, 0.3) is 0 Å². The van der Waals surface area contributed by atoms with Gasteiger partial charge in [0.1, 0.15) is 0 Å². The molecule has 0 aromatic heterocycles. The number of unbranched alkanes of at least 4 members (excludes halogenated alkanes) is 3. The van der Waals surface area contributed by atoms with Crippen LogP contribution < -0.4 is 12.4 Å². The molecule has 0 saturated heterocycles. The molecule has 0 bridgehead atoms. The van der Waals surface area contributed by atoms with Crippen molar-refractivity contribution in [1.82, 2.24) is 0 Å². The average Bonchev–Trinajstić information content (AvgIpc) is 2.54. The van der Waals surface area contributed by atoms with Crippen LogP contribution in [0.25, 0.3) is 0 Å². The van der Waals surface area contributed by atoms with Crippen LogP contribution >= 0.6 is 0 Å². The molecule has 0 N–H and O–H groups in total. The van der Waals surface area contributed by atoms with Gasteiger partial charge in [-0.05, 0) is 24.8 Å². The molecule has 1 aromatic carbocycles. The van der Waals surface area contributed by atoms with Crippen molar-refractivity contribution < 1.29 is 16.9 Å². The molecular formula is C20H36ClN. The second-order valence-corrected chi connectivity index (χ2v) is 6.53. The standard InChI is InChI=1S/C20H36N.ClH/c1-4-7-16-21(17-8-5-2,18-9-6-3)19-15-20-13-11-10-12-14-20;/h10-14H,4-9,15-19H2,1-3H3;1H/q+1;/p-1. The number of nitrogens with zero attached hydrogens (tertiary/aromatic N) is 1. The highest BCUT2D eigenvalue weighted by Gasteiger charge is 2.25. The van der Waals surface area contributed by atoms with Gasteiger partial charge < -0.3 is 16.9 Å². The molecule has 1 aromatic rings. The second kappa shape index (κ2) is 13.0. The van der Waals surface area contributed by atoms with E-state index in [1.54, 1.807) is 0 Å². The number of quaternary nitrogens is 1. The Morgan fingerprint density at radius 2 is 1.14 bits per heavy atom. The van der Waals surface area contributed by atoms with Crippen molar-refractivity contribution in [2.45, 2.75) is 65.7 Å². The fraction of sp³-hybridized carbons (Fsp3) is 0.700. The van der Waals surface area contributed by atoms with Crippen LogP contribution in [0.1, 0.15) is 64.9 Å². The van der Waals surface area contributed by atoms with E-state index < -0.39 is 0 Å². The summed E-state index contributed by atoms with van der Waals surface area (Å²) >= 11 is 0. The number of halogens is 1. The molecule has 0 heterocycles. The lowest BCUT2D eigenvalue weighted by atomic mass is 10.1. The molecule has 2 heteroatoms. The zero-order valence-corrected chi connectivity index (χ0v) is 15.7. The van der Waals surface area contributed by atoms with Crippen molar-refractivity contribution in [1.29, 1.82) is 0 Å². The van der Waals surface area contributed by atoms with E-state index in [2.05, 4.69) is 51.1 Å². The highest BCUT2D eigenvalue weighted by atomic mass is 35.5. The van der Waals surface area contributed by atoms with Gasteiger partial charge in [0.2, 0.25) is 0 Å². The summed E-state index contributed by atoms with van der Waals surface area (Å²) in [6, 6.07) is 11.0. The molecular weight excluding hydrogens is 290 g/mol. The van der Waals surface area contributed by atoms with Crippen LogP contribution in [0.15, 0.2) is 30.3 Å². The minimum absolute atomic E-state index is 0. The van der Waals surface area contributed by atoms with Crippen LogP contribution in [0.3, 0.4) is 0 Å². The normalized spacial score (nSPS) is 11.2. The predicted octanol–water partition coefficient (Wildman–Crippen LogP) is 2.45. The van der Waals surface area contributed by atoms with Crippen LogP contribution in [0, 0.1) is 0 Å². The topological polar surface area (TPSA) is 0 Å². The van der Waals surface area contributed by atoms with Crippen molar-refractivity contribution in [3.8, 4) is 0 Å². The molecule has 1 nitrogen and oxygen atoms in total. The predicted molar refractivity (Wildman–Crippen MR) is 94.6 cm³/mol. The Labute approximate surface area is 145 Å². The van der Waals surface area contributed by atoms with Gasteiger partial charge >= 0.3 is 0 Å². The van der Waals surface area contributed by atoms with Crippen molar-refractivity contribution in [3.05, 3.63) is 35.9 Å². The first kappa shape index (κ1) is 21.5. The Hall–Kier alpha value is -0.530. The van der Waals surface area contributed by atoms with Crippen LogP contribution in [-0.2, 0) is 6.42 Å². The lowest BCUT2D eigenvalue weighted by Gasteiger charge is -2.39. The molecule has 0 unspecified atom stereocenters. The van der Waals surface area contributed by atoms with Gasteiger partial charge in [-0.1, -0.05) is 70.4 Å². The molecule has 22 heavy (non-hydrogen) atoms. The lowest BCUT2D eigenvalue weighted by Crippen LogP contribution is -3.00. The summed E-state index contributed by atoms with van der Waals surface area (Å²) in [6.07, 6.45) is 9.33. The first-order chi connectivity index (χ1) is 10.3. The maximum absolute atomic E-state index is 2.32. The first-order valence-corrected chi connectivity index (χ1v) is 9.15. The van der Waals surface area contributed by atoms with Crippen molar-refractivity contribution in [3.63, 3.8) is 0 Å². The van der Waals surface area contributed by atoms with E-state index >= 15 is 0 Å². The third-order valence-corrected chi connectivity index (χ3v) is 4.68. The third kappa shape index (κ3) is 8.19. The molecule has 0 amide bonds. The van der Waals surface area contributed by atoms with E-state index in [1.165, 1.54) is 81.2 Å². The fourth-order valence-electron chi connectivity index (χ4n) is 3.16. The lowest BCUT2D eigenvalue weighted by molar-refractivity contribution is -0.928. The van der Waals surface area contributed by atoms with Gasteiger partial charge in [0.15, 0.2) is 0 Å². The van der Waals surface area contributed by atoms with E-state index in [-0.39, 0.29) is 12.4 Å². The van der Waals surface area contributed by atoms with E-state index in [9.17, 15) is 0 Å². The Bertz CT molecular complexity index is 328. The fourth-order valence-corrected chi connectivity index (χ4v) is 3.16. The summed E-state index contributed by atoms with van der Waals surface area (Å²) in [6.45, 7) is 12.4. The van der Waals surface area contributed by atoms with Crippen molar-refractivity contribution in [2.75, 3.05) is 26.2 Å². The first-order valence-electron chi connectivity index (χ1n) is 9.15. The number of hydrogen-bond acceptors (Lipinski definition) is 0. The highest BCUT2D eigenvalue weighted by molar-refractivity contribution is 5.14. The smallest absolute Gasteiger partial charge is 0.0827 e. The molecule has 0 fully saturated rings. The molecule has 1 rings (SSSR count). The SMILES string of the molecule is CCCC[N+](CCCC)(CCCC)CCc1ccccc1.[Cl-]. The highest BCUT2D eigenvalue weighted by Crippen LogP contribution is 2.16. The monoisotopic (exact) mass is 325 g/mol. The molecule has 0 aliphatic carbocycles. The molecule has 0 radical (unpaired) electrons. The molecule has 128 valence electrons. The summed E-state index contributed by atoms with van der Waals surface area (Å²) in [4.78, 5) is 0. The number of benzene rings is 1. The van der Waals surface area contributed by atoms with E-state index in [0.29, 0.717) is 0 Å². The minimum atomic E-state index is 0. The summed E-state index contributed by atoms with van der Waals surface area (Å²) < 4.78 is 1.35. The molecule has 0 spiro atoms. The number of hydrogen-bond donors (Lipinski definition) is 0. The van der Waals surface area contributed by atoms with Gasteiger partial charge in [-0.25, -0.2) is 0 Å². The Balaban J connectivity index is 0.00000441. The van der Waals surface area contributed by atoms with E-state index in [1.807, 2.05) is 0 Å². The summed E-state index contributed by atoms with van der Waals surface area (Å²) in [5.41, 5.74) is 1.50. The zero-order valence-electron chi connectivity index (χ0n) is 15.0. The third-order valence-electron chi connectivity index (χ3n) is 4.68. The van der Waals surface area contributed by atoms with Crippen molar-refractivity contribution >= 4 is 0 Å². The zero-order chi connectivity index (χ0) is 15.4. The van der Waals surface area contributed by atoms with Crippen LogP contribution in [0.5, 0.6) is 0 Å². The molecule has 0 aliphatic rings. The van der Waals surface area contributed by atoms with Gasteiger partial charge in [0, 0.05) is 6.42 Å². The maximum Gasteiger partial charge on any atom is 0.0827 e. The van der Waals surface area contributed by atoms with Gasteiger partial charge in [0.05, 0.1) is 26.2 Å². The minimum Gasteiger partial charge on any atom is -1.00 e. The van der Waals surface area contributed by atoms with E-state index in [0.717, 1.165) is 0 Å². The van der Waals surface area contributed by atoms with Crippen molar-refractivity contribution in [2.24, 2.45) is 0 Å². The Kier molecular flexibility index (Phi) is 12.6. The van der Waals surface area contributed by atoms with Crippen LogP contribution in [0.2, 0.25) is 0 Å². The summed E-state index contributed by atoms with van der Waals surface area (Å²) in [7, 11) is 0. The molecule has 0 aliphatic heterocycles. The second-order valence-electron chi connectivity index (χ2n) is 6.53. The Morgan fingerprint density at radius 1 is 0.682 bits per heavy atom. The quantitative estimate of drug-likeness (QED) is 0.518. The molecule has 0 saturated carbocycles.